The molecule has 1 fully saturated rings. The molecule has 3 nitrogen and oxygen atoms in total. The maximum atomic E-state index is 5.40. The van der Waals surface area contributed by atoms with Gasteiger partial charge in [-0.15, -0.1) is 0 Å². The smallest absolute Gasteiger partial charge is 0.161 e. The molecule has 0 amide bonds. The molecule has 1 aliphatic carbocycles. The van der Waals surface area contributed by atoms with E-state index in [0.717, 1.165) is 24.1 Å². The minimum absolute atomic E-state index is 0.721. The van der Waals surface area contributed by atoms with Crippen LogP contribution in [0.5, 0.6) is 11.5 Å². The highest BCUT2D eigenvalue weighted by Crippen LogP contribution is 2.29. The zero-order chi connectivity index (χ0) is 15.1. The van der Waals surface area contributed by atoms with Crippen molar-refractivity contribution in [3.63, 3.8) is 0 Å². The fourth-order valence-corrected chi connectivity index (χ4v) is 3.27. The number of nitrogens with zero attached hydrogens (tertiary/aromatic N) is 1. The zero-order valence-corrected chi connectivity index (χ0v) is 13.7. The Morgan fingerprint density at radius 3 is 2.19 bits per heavy atom. The first-order valence-corrected chi connectivity index (χ1v) is 8.15. The Morgan fingerprint density at radius 1 is 0.952 bits per heavy atom. The van der Waals surface area contributed by atoms with Gasteiger partial charge in [0.2, 0.25) is 0 Å². The monoisotopic (exact) mass is 291 g/mol. The molecular formula is C18H29NO2. The molecule has 1 aromatic rings. The minimum Gasteiger partial charge on any atom is -0.493 e. The summed E-state index contributed by atoms with van der Waals surface area (Å²) in [5, 5.41) is 0. The molecule has 0 aromatic heterocycles. The Morgan fingerprint density at radius 2 is 1.57 bits per heavy atom. The molecule has 0 unspecified atom stereocenters. The first-order valence-electron chi connectivity index (χ1n) is 8.15. The lowest BCUT2D eigenvalue weighted by molar-refractivity contribution is 0.195. The van der Waals surface area contributed by atoms with E-state index in [1.807, 2.05) is 6.07 Å². The van der Waals surface area contributed by atoms with Crippen molar-refractivity contribution in [2.45, 2.75) is 57.5 Å². The summed E-state index contributed by atoms with van der Waals surface area (Å²) in [6.45, 7) is 0.977. The van der Waals surface area contributed by atoms with E-state index in [0.29, 0.717) is 0 Å². The highest BCUT2D eigenvalue weighted by atomic mass is 16.5. The number of hydrogen-bond donors (Lipinski definition) is 0. The summed E-state index contributed by atoms with van der Waals surface area (Å²) in [5.74, 6) is 1.62. The maximum Gasteiger partial charge on any atom is 0.161 e. The van der Waals surface area contributed by atoms with Crippen molar-refractivity contribution < 1.29 is 9.47 Å². The fourth-order valence-electron chi connectivity index (χ4n) is 3.27. The largest absolute Gasteiger partial charge is 0.493 e. The van der Waals surface area contributed by atoms with Gasteiger partial charge in [-0.05, 0) is 37.6 Å². The second-order valence-electron chi connectivity index (χ2n) is 6.10. The molecule has 0 atom stereocenters. The van der Waals surface area contributed by atoms with Gasteiger partial charge in [-0.3, -0.25) is 4.90 Å². The standard InChI is InChI=1S/C18H29NO2/c1-19(16-9-7-5-4-6-8-10-16)14-15-11-12-17(20-2)18(13-15)21-3/h11-13,16H,4-10,14H2,1-3H3. The third-order valence-electron chi connectivity index (χ3n) is 4.58. The average Bonchev–Trinajstić information content (AvgIpc) is 2.46. The molecule has 0 heterocycles. The van der Waals surface area contributed by atoms with Crippen LogP contribution in [0.25, 0.3) is 0 Å². The van der Waals surface area contributed by atoms with Crippen LogP contribution in [0.3, 0.4) is 0 Å². The normalized spacial score (nSPS) is 17.3. The molecule has 0 aliphatic heterocycles. The van der Waals surface area contributed by atoms with E-state index in [1.165, 1.54) is 50.5 Å². The van der Waals surface area contributed by atoms with E-state index in [-0.39, 0.29) is 0 Å². The Balaban J connectivity index is 1.99. The number of benzene rings is 1. The van der Waals surface area contributed by atoms with Crippen molar-refractivity contribution in [2.24, 2.45) is 0 Å². The van der Waals surface area contributed by atoms with Gasteiger partial charge in [0.25, 0.3) is 0 Å². The quantitative estimate of drug-likeness (QED) is 0.809. The first kappa shape index (κ1) is 16.2. The van der Waals surface area contributed by atoms with Gasteiger partial charge in [0.05, 0.1) is 14.2 Å². The van der Waals surface area contributed by atoms with Crippen LogP contribution in [-0.2, 0) is 6.54 Å². The Labute approximate surface area is 129 Å². The zero-order valence-electron chi connectivity index (χ0n) is 13.7. The number of rotatable bonds is 5. The summed E-state index contributed by atoms with van der Waals surface area (Å²) in [5.41, 5.74) is 1.29. The van der Waals surface area contributed by atoms with Gasteiger partial charge in [0.15, 0.2) is 11.5 Å². The topological polar surface area (TPSA) is 21.7 Å². The predicted octanol–water partition coefficient (Wildman–Crippen LogP) is 4.25. The van der Waals surface area contributed by atoms with Crippen LogP contribution in [0.1, 0.15) is 50.5 Å². The molecule has 1 saturated carbocycles. The SMILES string of the molecule is COc1ccc(CN(C)C2CCCCCCC2)cc1OC. The van der Waals surface area contributed by atoms with Gasteiger partial charge in [-0.2, -0.15) is 0 Å². The van der Waals surface area contributed by atoms with E-state index < -0.39 is 0 Å². The van der Waals surface area contributed by atoms with Crippen LogP contribution in [0, 0.1) is 0 Å². The molecule has 3 heteroatoms. The van der Waals surface area contributed by atoms with E-state index in [4.69, 9.17) is 9.47 Å². The summed E-state index contributed by atoms with van der Waals surface area (Å²) in [7, 11) is 5.63. The first-order chi connectivity index (χ1) is 10.2. The molecular weight excluding hydrogens is 262 g/mol. The summed E-state index contributed by atoms with van der Waals surface area (Å²) in [6.07, 6.45) is 9.66. The van der Waals surface area contributed by atoms with Crippen molar-refractivity contribution in [2.75, 3.05) is 21.3 Å². The molecule has 0 saturated heterocycles. The summed E-state index contributed by atoms with van der Waals surface area (Å²) in [6, 6.07) is 6.96. The highest BCUT2D eigenvalue weighted by Gasteiger charge is 2.17. The number of methoxy groups -OCH3 is 2. The molecule has 1 aliphatic rings. The van der Waals surface area contributed by atoms with Gasteiger partial charge in [0, 0.05) is 12.6 Å². The molecule has 0 radical (unpaired) electrons. The predicted molar refractivity (Wildman–Crippen MR) is 87.1 cm³/mol. The van der Waals surface area contributed by atoms with Crippen LogP contribution in [0.15, 0.2) is 18.2 Å². The van der Waals surface area contributed by atoms with Gasteiger partial charge >= 0.3 is 0 Å². The van der Waals surface area contributed by atoms with E-state index >= 15 is 0 Å². The second-order valence-corrected chi connectivity index (χ2v) is 6.10. The number of ether oxygens (including phenoxy) is 2. The third-order valence-corrected chi connectivity index (χ3v) is 4.58. The lowest BCUT2D eigenvalue weighted by atomic mass is 9.95. The maximum absolute atomic E-state index is 5.40. The summed E-state index contributed by atoms with van der Waals surface area (Å²) >= 11 is 0. The van der Waals surface area contributed by atoms with Gasteiger partial charge < -0.3 is 9.47 Å². The molecule has 0 spiro atoms. The van der Waals surface area contributed by atoms with Crippen molar-refractivity contribution in [3.05, 3.63) is 23.8 Å². The molecule has 0 bridgehead atoms. The van der Waals surface area contributed by atoms with Gasteiger partial charge in [-0.1, -0.05) is 38.2 Å². The van der Waals surface area contributed by atoms with E-state index in [1.54, 1.807) is 14.2 Å². The molecule has 0 N–H and O–H groups in total. The van der Waals surface area contributed by atoms with Crippen molar-refractivity contribution in [1.82, 2.24) is 4.90 Å². The number of hydrogen-bond acceptors (Lipinski definition) is 3. The van der Waals surface area contributed by atoms with Crippen LogP contribution < -0.4 is 9.47 Å². The van der Waals surface area contributed by atoms with Crippen LogP contribution in [0.4, 0.5) is 0 Å². The highest BCUT2D eigenvalue weighted by molar-refractivity contribution is 5.42. The van der Waals surface area contributed by atoms with Crippen LogP contribution in [-0.4, -0.2) is 32.2 Å². The van der Waals surface area contributed by atoms with Crippen LogP contribution in [0.2, 0.25) is 0 Å². The van der Waals surface area contributed by atoms with Crippen molar-refractivity contribution in [3.8, 4) is 11.5 Å². The van der Waals surface area contributed by atoms with Crippen LogP contribution >= 0.6 is 0 Å². The molecule has 118 valence electrons. The Bertz CT molecular complexity index is 425. The van der Waals surface area contributed by atoms with Crippen molar-refractivity contribution >= 4 is 0 Å². The summed E-state index contributed by atoms with van der Waals surface area (Å²) < 4.78 is 10.7. The van der Waals surface area contributed by atoms with Gasteiger partial charge in [-0.25, -0.2) is 0 Å². The lowest BCUT2D eigenvalue weighted by Gasteiger charge is -2.29. The van der Waals surface area contributed by atoms with E-state index in [9.17, 15) is 0 Å². The molecule has 1 aromatic carbocycles. The third kappa shape index (κ3) is 4.63. The minimum atomic E-state index is 0.721. The fraction of sp³-hybridized carbons (Fsp3) is 0.667. The average molecular weight is 291 g/mol. The van der Waals surface area contributed by atoms with E-state index in [2.05, 4.69) is 24.1 Å². The van der Waals surface area contributed by atoms with Gasteiger partial charge in [0.1, 0.15) is 0 Å². The Kier molecular flexibility index (Phi) is 6.37. The van der Waals surface area contributed by atoms with Crippen molar-refractivity contribution in [1.29, 1.82) is 0 Å². The lowest BCUT2D eigenvalue weighted by Crippen LogP contribution is -2.31. The Hall–Kier alpha value is -1.22. The molecule has 2 rings (SSSR count). The summed E-state index contributed by atoms with van der Waals surface area (Å²) in [4.78, 5) is 2.51. The molecule has 21 heavy (non-hydrogen) atoms. The second kappa shape index (κ2) is 8.28.